The number of rotatable bonds is 4. The van der Waals surface area contributed by atoms with E-state index in [4.69, 9.17) is 9.84 Å². The molecule has 106 valence electrons. The van der Waals surface area contributed by atoms with E-state index in [1.54, 1.807) is 7.05 Å². The largest absolute Gasteiger partial charge is 0.478 e. The highest BCUT2D eigenvalue weighted by atomic mass is 16.6. The number of nitro groups is 1. The van der Waals surface area contributed by atoms with Crippen LogP contribution in [0.25, 0.3) is 0 Å². The maximum atomic E-state index is 11.7. The second-order valence-electron chi connectivity index (χ2n) is 4.40. The lowest BCUT2D eigenvalue weighted by Crippen LogP contribution is -2.29. The van der Waals surface area contributed by atoms with Crippen LogP contribution in [0.1, 0.15) is 16.8 Å². The maximum Gasteiger partial charge on any atom is 0.335 e. The van der Waals surface area contributed by atoms with Gasteiger partial charge in [-0.15, -0.1) is 0 Å². The average molecular weight is 280 g/mol. The van der Waals surface area contributed by atoms with Crippen LogP contribution in [0.4, 0.5) is 5.69 Å². The summed E-state index contributed by atoms with van der Waals surface area (Å²) in [6.45, 7) is 0.518. The van der Waals surface area contributed by atoms with Crippen molar-refractivity contribution >= 4 is 17.6 Å². The zero-order valence-corrected chi connectivity index (χ0v) is 10.6. The Hall–Kier alpha value is -2.64. The van der Waals surface area contributed by atoms with Gasteiger partial charge in [0, 0.05) is 26.1 Å². The first-order valence-corrected chi connectivity index (χ1v) is 5.83. The molecule has 8 heteroatoms. The number of nitro benzene ring substituents is 1. The molecule has 20 heavy (non-hydrogen) atoms. The van der Waals surface area contributed by atoms with Crippen LogP contribution < -0.4 is 4.74 Å². The molecule has 1 unspecified atom stereocenters. The molecule has 1 N–H and O–H groups in total. The Labute approximate surface area is 113 Å². The van der Waals surface area contributed by atoms with Crippen LogP contribution >= 0.6 is 0 Å². The second-order valence-corrected chi connectivity index (χ2v) is 4.40. The van der Waals surface area contributed by atoms with E-state index in [-0.39, 0.29) is 17.2 Å². The van der Waals surface area contributed by atoms with Crippen molar-refractivity contribution in [1.82, 2.24) is 4.90 Å². The summed E-state index contributed by atoms with van der Waals surface area (Å²) in [5.74, 6) is -1.62. The van der Waals surface area contributed by atoms with Crippen molar-refractivity contribution in [3.8, 4) is 5.75 Å². The number of hydrogen-bond acceptors (Lipinski definition) is 5. The predicted molar refractivity (Wildman–Crippen MR) is 66.7 cm³/mol. The molecule has 1 aromatic rings. The van der Waals surface area contributed by atoms with E-state index in [1.165, 1.54) is 17.0 Å². The fraction of sp³-hybridized carbons (Fsp3) is 0.333. The highest BCUT2D eigenvalue weighted by Crippen LogP contribution is 2.30. The molecule has 0 saturated carbocycles. The van der Waals surface area contributed by atoms with Gasteiger partial charge in [-0.05, 0) is 12.1 Å². The number of nitrogens with zero attached hydrogens (tertiary/aromatic N) is 2. The molecule has 0 spiro atoms. The third kappa shape index (κ3) is 2.53. The quantitative estimate of drug-likeness (QED) is 0.648. The molecule has 2 rings (SSSR count). The standard InChI is InChI=1S/C12H12N2O6/c1-13-5-4-10(11(13)15)20-9-3-2-7(12(16)17)6-8(9)14(18)19/h2-3,6,10H,4-5H2,1H3,(H,16,17). The Morgan fingerprint density at radius 2 is 2.25 bits per heavy atom. The Bertz CT molecular complexity index is 585. The number of amides is 1. The van der Waals surface area contributed by atoms with E-state index in [0.29, 0.717) is 13.0 Å². The molecule has 0 aliphatic carbocycles. The van der Waals surface area contributed by atoms with Crippen molar-refractivity contribution in [2.45, 2.75) is 12.5 Å². The van der Waals surface area contributed by atoms with Gasteiger partial charge in [0.2, 0.25) is 0 Å². The third-order valence-electron chi connectivity index (χ3n) is 3.05. The van der Waals surface area contributed by atoms with Crippen molar-refractivity contribution < 1.29 is 24.4 Å². The highest BCUT2D eigenvalue weighted by molar-refractivity contribution is 5.89. The minimum absolute atomic E-state index is 0.103. The van der Waals surface area contributed by atoms with Gasteiger partial charge in [-0.25, -0.2) is 4.79 Å². The summed E-state index contributed by atoms with van der Waals surface area (Å²) < 4.78 is 5.36. The first-order valence-electron chi connectivity index (χ1n) is 5.83. The number of hydrogen-bond donors (Lipinski definition) is 1. The summed E-state index contributed by atoms with van der Waals surface area (Å²) in [6, 6.07) is 3.32. The molecule has 1 aliphatic rings. The number of carboxylic acid groups (broad SMARTS) is 1. The molecule has 1 aliphatic heterocycles. The molecule has 0 bridgehead atoms. The van der Waals surface area contributed by atoms with Crippen LogP contribution in [0.2, 0.25) is 0 Å². The molecule has 1 fully saturated rings. The first kappa shape index (κ1) is 13.8. The molecule has 1 saturated heterocycles. The minimum Gasteiger partial charge on any atom is -0.478 e. The molecule has 8 nitrogen and oxygen atoms in total. The summed E-state index contributed by atoms with van der Waals surface area (Å²) in [6.07, 6.45) is -0.331. The van der Waals surface area contributed by atoms with Crippen LogP contribution in [0.5, 0.6) is 5.75 Å². The lowest BCUT2D eigenvalue weighted by Gasteiger charge is -2.13. The number of aromatic carboxylic acids is 1. The molecule has 1 amide bonds. The lowest BCUT2D eigenvalue weighted by molar-refractivity contribution is -0.386. The number of benzene rings is 1. The smallest absolute Gasteiger partial charge is 0.335 e. The summed E-state index contributed by atoms with van der Waals surface area (Å²) in [5.41, 5.74) is -0.675. The molecule has 1 heterocycles. The number of carbonyl (C=O) groups is 2. The maximum absolute atomic E-state index is 11.7. The zero-order chi connectivity index (χ0) is 14.9. The van der Waals surface area contributed by atoms with Gasteiger partial charge in [-0.2, -0.15) is 0 Å². The van der Waals surface area contributed by atoms with Gasteiger partial charge in [0.25, 0.3) is 5.91 Å². The van der Waals surface area contributed by atoms with E-state index in [0.717, 1.165) is 6.07 Å². The molecule has 0 aromatic heterocycles. The monoisotopic (exact) mass is 280 g/mol. The van der Waals surface area contributed by atoms with Gasteiger partial charge in [0.05, 0.1) is 10.5 Å². The number of likely N-dealkylation sites (tertiary alicyclic amines) is 1. The van der Waals surface area contributed by atoms with Crippen LogP contribution in [-0.4, -0.2) is 46.5 Å². The van der Waals surface area contributed by atoms with Gasteiger partial charge in [0.1, 0.15) is 0 Å². The number of ether oxygens (including phenoxy) is 1. The van der Waals surface area contributed by atoms with E-state index < -0.39 is 22.7 Å². The minimum atomic E-state index is -1.27. The number of likely N-dealkylation sites (N-methyl/N-ethyl adjacent to an activating group) is 1. The Balaban J connectivity index is 2.30. The second kappa shape index (κ2) is 5.16. The fourth-order valence-corrected chi connectivity index (χ4v) is 1.95. The van der Waals surface area contributed by atoms with Crippen molar-refractivity contribution in [1.29, 1.82) is 0 Å². The average Bonchev–Trinajstić information content (AvgIpc) is 2.70. The Kier molecular flexibility index (Phi) is 3.55. The summed E-state index contributed by atoms with van der Waals surface area (Å²) in [7, 11) is 1.62. The van der Waals surface area contributed by atoms with Crippen LogP contribution in [-0.2, 0) is 4.79 Å². The van der Waals surface area contributed by atoms with E-state index in [9.17, 15) is 19.7 Å². The summed E-state index contributed by atoms with van der Waals surface area (Å²) in [4.78, 5) is 34.2. The highest BCUT2D eigenvalue weighted by Gasteiger charge is 2.32. The fourth-order valence-electron chi connectivity index (χ4n) is 1.95. The topological polar surface area (TPSA) is 110 Å². The summed E-state index contributed by atoms with van der Waals surface area (Å²) >= 11 is 0. The van der Waals surface area contributed by atoms with E-state index in [1.807, 2.05) is 0 Å². The van der Waals surface area contributed by atoms with Crippen LogP contribution in [0.15, 0.2) is 18.2 Å². The Morgan fingerprint density at radius 3 is 2.75 bits per heavy atom. The van der Waals surface area contributed by atoms with Crippen molar-refractivity contribution in [3.05, 3.63) is 33.9 Å². The van der Waals surface area contributed by atoms with E-state index in [2.05, 4.69) is 0 Å². The van der Waals surface area contributed by atoms with Gasteiger partial charge in [-0.1, -0.05) is 0 Å². The zero-order valence-electron chi connectivity index (χ0n) is 10.6. The van der Waals surface area contributed by atoms with Crippen molar-refractivity contribution in [2.75, 3.05) is 13.6 Å². The lowest BCUT2D eigenvalue weighted by atomic mass is 10.2. The summed E-state index contributed by atoms with van der Waals surface area (Å²) in [5, 5.41) is 19.8. The van der Waals surface area contributed by atoms with Crippen LogP contribution in [0.3, 0.4) is 0 Å². The third-order valence-corrected chi connectivity index (χ3v) is 3.05. The molecular formula is C12H12N2O6. The van der Waals surface area contributed by atoms with Crippen molar-refractivity contribution in [2.24, 2.45) is 0 Å². The van der Waals surface area contributed by atoms with Gasteiger partial charge in [-0.3, -0.25) is 14.9 Å². The first-order chi connectivity index (χ1) is 9.40. The van der Waals surface area contributed by atoms with Crippen molar-refractivity contribution in [3.63, 3.8) is 0 Å². The number of carboxylic acids is 1. The van der Waals surface area contributed by atoms with Gasteiger partial charge < -0.3 is 14.7 Å². The van der Waals surface area contributed by atoms with E-state index >= 15 is 0 Å². The Morgan fingerprint density at radius 1 is 1.55 bits per heavy atom. The molecule has 1 aromatic carbocycles. The molecule has 1 atom stereocenters. The SMILES string of the molecule is CN1CCC(Oc2ccc(C(=O)O)cc2[N+](=O)[O-])C1=O. The normalized spacial score (nSPS) is 18.1. The predicted octanol–water partition coefficient (Wildman–Crippen LogP) is 0.903. The molecular weight excluding hydrogens is 268 g/mol. The molecule has 0 radical (unpaired) electrons. The van der Waals surface area contributed by atoms with Crippen LogP contribution in [0, 0.1) is 10.1 Å². The van der Waals surface area contributed by atoms with Gasteiger partial charge in [0.15, 0.2) is 11.9 Å². The number of carbonyl (C=O) groups excluding carboxylic acids is 1. The van der Waals surface area contributed by atoms with Gasteiger partial charge >= 0.3 is 11.7 Å².